The van der Waals surface area contributed by atoms with Crippen LogP contribution in [0.5, 0.6) is 0 Å². The van der Waals surface area contributed by atoms with Gasteiger partial charge >= 0.3 is 12.0 Å². The number of rotatable bonds is 3. The molecule has 1 aromatic heterocycles. The lowest BCUT2D eigenvalue weighted by Crippen LogP contribution is -2.63. The van der Waals surface area contributed by atoms with E-state index in [0.29, 0.717) is 16.9 Å². The molecule has 5 rings (SSSR count). The maximum atomic E-state index is 13.6. The molecule has 0 bridgehead atoms. The number of urea groups is 1. The van der Waals surface area contributed by atoms with Crippen molar-refractivity contribution in [3.63, 3.8) is 0 Å². The molecule has 1 aromatic carbocycles. The van der Waals surface area contributed by atoms with Crippen molar-refractivity contribution in [2.75, 3.05) is 7.05 Å². The van der Waals surface area contributed by atoms with E-state index in [0.717, 1.165) is 35.7 Å². The summed E-state index contributed by atoms with van der Waals surface area (Å²) in [5, 5.41) is 0.541. The summed E-state index contributed by atoms with van der Waals surface area (Å²) in [6.45, 7) is 4.27. The highest BCUT2D eigenvalue weighted by Crippen LogP contribution is 2.38. The predicted molar refractivity (Wildman–Crippen MR) is 113 cm³/mol. The van der Waals surface area contributed by atoms with Crippen LogP contribution in [0.3, 0.4) is 0 Å². The molecule has 3 heterocycles. The van der Waals surface area contributed by atoms with E-state index in [-0.39, 0.29) is 18.5 Å². The van der Waals surface area contributed by atoms with Gasteiger partial charge in [-0.3, -0.25) is 14.6 Å². The number of fused-ring (bicyclic) bond motifs is 3. The maximum absolute atomic E-state index is 13.6. The van der Waals surface area contributed by atoms with Gasteiger partial charge in [-0.25, -0.2) is 13.9 Å². The molecule has 1 saturated carbocycles. The van der Waals surface area contributed by atoms with Crippen molar-refractivity contribution in [3.05, 3.63) is 46.2 Å². The van der Waals surface area contributed by atoms with Gasteiger partial charge in [-0.05, 0) is 51.2 Å². The summed E-state index contributed by atoms with van der Waals surface area (Å²) in [5.41, 5.74) is 2.91. The fourth-order valence-corrected chi connectivity index (χ4v) is 5.20. The molecule has 7 nitrogen and oxygen atoms in total. The normalized spacial score (nSPS) is 21.3. The lowest BCUT2D eigenvalue weighted by atomic mass is 10.1. The third kappa shape index (κ3) is 2.64. The second kappa shape index (κ2) is 6.94. The van der Waals surface area contributed by atoms with Crippen LogP contribution in [0, 0.1) is 13.8 Å². The molecule has 1 aliphatic carbocycles. The van der Waals surface area contributed by atoms with Crippen LogP contribution in [0.4, 0.5) is 10.7 Å². The first kappa shape index (κ1) is 19.3. The Morgan fingerprint density at radius 2 is 1.87 bits per heavy atom. The number of likely N-dealkylation sites (N-methyl/N-ethyl adjacent to an activating group) is 1. The molecule has 1 saturated heterocycles. The minimum Gasteiger partial charge on any atom is -0.270 e. The summed E-state index contributed by atoms with van der Waals surface area (Å²) in [6, 6.07) is 6.71. The summed E-state index contributed by atoms with van der Waals surface area (Å²) in [6.07, 6.45) is 4.67. The summed E-state index contributed by atoms with van der Waals surface area (Å²) < 4.78 is 4.28. The Kier molecular flexibility index (Phi) is 4.47. The van der Waals surface area contributed by atoms with Crippen LogP contribution in [0.15, 0.2) is 29.3 Å². The molecule has 0 spiro atoms. The molecule has 156 valence electrons. The Morgan fingerprint density at radius 1 is 1.17 bits per heavy atom. The number of imidazole rings is 1. The number of imide groups is 1. The zero-order valence-electron chi connectivity index (χ0n) is 17.4. The second-order valence-corrected chi connectivity index (χ2v) is 8.79. The molecule has 1 unspecified atom stereocenters. The molecule has 8 heteroatoms. The number of amidine groups is 1. The lowest BCUT2D eigenvalue weighted by Gasteiger charge is -2.33. The standard InChI is InChI=1S/C22H25ClN5O2/c1-13-14(2)28-18-19(24-21(28)27(13)16-9-5-6-10-16)25(3)22(30)26(20(18)29)12-15-8-4-7-11-17(15)23/h4,7-8,11,16,18H,5-6,9-10,12H2,1-3H3/q+1. The number of aliphatic imine (C=N–C) groups is 1. The highest BCUT2D eigenvalue weighted by Gasteiger charge is 2.54. The Morgan fingerprint density at radius 3 is 2.57 bits per heavy atom. The van der Waals surface area contributed by atoms with Crippen LogP contribution < -0.4 is 4.57 Å². The highest BCUT2D eigenvalue weighted by atomic mass is 35.5. The molecule has 0 radical (unpaired) electrons. The SMILES string of the molecule is Cc1c(C)[n+]2c(n1C1CCCC1)N=C1C2C(=O)N(Cc2ccccc2Cl)C(=O)N1C. The van der Waals surface area contributed by atoms with E-state index < -0.39 is 6.04 Å². The zero-order chi connectivity index (χ0) is 21.2. The number of nitrogens with zero attached hydrogens (tertiary/aromatic N) is 5. The van der Waals surface area contributed by atoms with Crippen LogP contribution in [0.25, 0.3) is 0 Å². The van der Waals surface area contributed by atoms with Gasteiger partial charge in [0.1, 0.15) is 11.4 Å². The van der Waals surface area contributed by atoms with E-state index >= 15 is 0 Å². The molecule has 1 atom stereocenters. The summed E-state index contributed by atoms with van der Waals surface area (Å²) in [4.78, 5) is 34.2. The van der Waals surface area contributed by atoms with Crippen molar-refractivity contribution in [1.29, 1.82) is 0 Å². The average molecular weight is 427 g/mol. The van der Waals surface area contributed by atoms with E-state index in [9.17, 15) is 9.59 Å². The summed E-state index contributed by atoms with van der Waals surface area (Å²) in [5.74, 6) is 1.03. The number of carbonyl (C=O) groups is 2. The molecular formula is C22H25ClN5O2+. The smallest absolute Gasteiger partial charge is 0.270 e. The summed E-state index contributed by atoms with van der Waals surface area (Å²) in [7, 11) is 1.69. The molecule has 2 aromatic rings. The molecule has 30 heavy (non-hydrogen) atoms. The minimum absolute atomic E-state index is 0.142. The van der Waals surface area contributed by atoms with Crippen LogP contribution >= 0.6 is 11.6 Å². The summed E-state index contributed by atoms with van der Waals surface area (Å²) >= 11 is 6.29. The second-order valence-electron chi connectivity index (χ2n) is 8.38. The van der Waals surface area contributed by atoms with E-state index in [1.807, 2.05) is 29.7 Å². The van der Waals surface area contributed by atoms with E-state index in [2.05, 4.69) is 11.5 Å². The van der Waals surface area contributed by atoms with Crippen LogP contribution in [0.2, 0.25) is 5.02 Å². The number of hydrogen-bond donors (Lipinski definition) is 0. The molecule has 2 aliphatic heterocycles. The molecule has 2 fully saturated rings. The monoisotopic (exact) mass is 426 g/mol. The minimum atomic E-state index is -0.619. The van der Waals surface area contributed by atoms with Gasteiger partial charge < -0.3 is 0 Å². The van der Waals surface area contributed by atoms with Crippen molar-refractivity contribution in [3.8, 4) is 0 Å². The number of carbonyl (C=O) groups excluding carboxylic acids is 2. The van der Waals surface area contributed by atoms with Crippen molar-refractivity contribution >= 4 is 35.3 Å². The third-order valence-corrected chi connectivity index (χ3v) is 7.10. The van der Waals surface area contributed by atoms with Crippen LogP contribution in [0.1, 0.15) is 54.7 Å². The molecule has 3 amide bonds. The number of hydrogen-bond acceptors (Lipinski definition) is 3. The first-order valence-electron chi connectivity index (χ1n) is 10.4. The number of benzene rings is 1. The van der Waals surface area contributed by atoms with Gasteiger partial charge in [-0.15, -0.1) is 0 Å². The fourth-order valence-electron chi connectivity index (χ4n) is 5.00. The molecule has 3 aliphatic rings. The van der Waals surface area contributed by atoms with Gasteiger partial charge in [0.15, 0.2) is 0 Å². The predicted octanol–water partition coefficient (Wildman–Crippen LogP) is 3.84. The van der Waals surface area contributed by atoms with Gasteiger partial charge in [0.2, 0.25) is 11.9 Å². The van der Waals surface area contributed by atoms with E-state index in [1.54, 1.807) is 13.1 Å². The van der Waals surface area contributed by atoms with E-state index in [4.69, 9.17) is 16.6 Å². The lowest BCUT2D eigenvalue weighted by molar-refractivity contribution is -0.683. The molecular weight excluding hydrogens is 402 g/mol. The average Bonchev–Trinajstić information content (AvgIpc) is 3.43. The van der Waals surface area contributed by atoms with Crippen molar-refractivity contribution in [2.45, 2.75) is 58.2 Å². The van der Waals surface area contributed by atoms with Crippen molar-refractivity contribution in [2.24, 2.45) is 4.99 Å². The Hall–Kier alpha value is -2.67. The first-order chi connectivity index (χ1) is 14.4. The number of amides is 3. The first-order valence-corrected chi connectivity index (χ1v) is 10.8. The number of halogens is 1. The fraction of sp³-hybridized carbons (Fsp3) is 0.455. The largest absolute Gasteiger partial charge is 0.402 e. The topological polar surface area (TPSA) is 61.8 Å². The van der Waals surface area contributed by atoms with Crippen LogP contribution in [-0.2, 0) is 11.3 Å². The van der Waals surface area contributed by atoms with Gasteiger partial charge in [0.05, 0.1) is 12.6 Å². The Bertz CT molecular complexity index is 1100. The van der Waals surface area contributed by atoms with Gasteiger partial charge in [0, 0.05) is 12.1 Å². The number of aromatic nitrogens is 2. The third-order valence-electron chi connectivity index (χ3n) is 6.73. The van der Waals surface area contributed by atoms with Crippen LogP contribution in [-0.4, -0.2) is 39.2 Å². The van der Waals surface area contributed by atoms with Gasteiger partial charge in [0.25, 0.3) is 5.91 Å². The maximum Gasteiger partial charge on any atom is 0.402 e. The van der Waals surface area contributed by atoms with E-state index in [1.165, 1.54) is 22.6 Å². The van der Waals surface area contributed by atoms with Gasteiger partial charge in [-0.2, -0.15) is 0 Å². The quantitative estimate of drug-likeness (QED) is 0.700. The highest BCUT2D eigenvalue weighted by molar-refractivity contribution is 6.31. The van der Waals surface area contributed by atoms with Gasteiger partial charge in [-0.1, -0.05) is 34.8 Å². The van der Waals surface area contributed by atoms with Crippen molar-refractivity contribution < 1.29 is 14.2 Å². The van der Waals surface area contributed by atoms with Crippen molar-refractivity contribution in [1.82, 2.24) is 14.4 Å². The Labute approximate surface area is 180 Å². The zero-order valence-corrected chi connectivity index (χ0v) is 18.2. The Balaban J connectivity index is 1.58. The molecule has 0 N–H and O–H groups in total.